The number of ether oxygens (including phenoxy) is 2. The van der Waals surface area contributed by atoms with Crippen LogP contribution in [-0.4, -0.2) is 48.2 Å². The average molecular weight is 404 g/mol. The molecule has 154 valence electrons. The SMILES string of the molecule is COC(=O)c1ccc2nc(-c3cc4cc(OC)ccc4[nH]3)c(N(C)C(C)C)nc2c1. The maximum Gasteiger partial charge on any atom is 0.337 e. The van der Waals surface area contributed by atoms with Crippen molar-refractivity contribution in [1.29, 1.82) is 0 Å². The lowest BCUT2D eigenvalue weighted by Crippen LogP contribution is -2.27. The molecule has 0 bridgehead atoms. The van der Waals surface area contributed by atoms with Crippen LogP contribution in [0.4, 0.5) is 5.82 Å². The van der Waals surface area contributed by atoms with Gasteiger partial charge in [0.25, 0.3) is 0 Å². The molecule has 0 aliphatic rings. The number of anilines is 1. The van der Waals surface area contributed by atoms with E-state index in [4.69, 9.17) is 19.4 Å². The van der Waals surface area contributed by atoms with Crippen molar-refractivity contribution in [1.82, 2.24) is 15.0 Å². The van der Waals surface area contributed by atoms with Crippen LogP contribution in [0.25, 0.3) is 33.3 Å². The molecule has 7 heteroatoms. The smallest absolute Gasteiger partial charge is 0.337 e. The van der Waals surface area contributed by atoms with E-state index in [1.165, 1.54) is 7.11 Å². The molecule has 0 unspecified atom stereocenters. The van der Waals surface area contributed by atoms with E-state index in [2.05, 4.69) is 23.7 Å². The van der Waals surface area contributed by atoms with E-state index in [9.17, 15) is 4.79 Å². The monoisotopic (exact) mass is 404 g/mol. The first-order chi connectivity index (χ1) is 14.4. The second kappa shape index (κ2) is 7.67. The average Bonchev–Trinajstić information content (AvgIpc) is 3.19. The fraction of sp³-hybridized carbons (Fsp3) is 0.261. The summed E-state index contributed by atoms with van der Waals surface area (Å²) < 4.78 is 10.2. The summed E-state index contributed by atoms with van der Waals surface area (Å²) >= 11 is 0. The van der Waals surface area contributed by atoms with Crippen LogP contribution >= 0.6 is 0 Å². The van der Waals surface area contributed by atoms with E-state index in [1.807, 2.05) is 31.3 Å². The third-order valence-electron chi connectivity index (χ3n) is 5.26. The van der Waals surface area contributed by atoms with Crippen LogP contribution in [-0.2, 0) is 4.74 Å². The van der Waals surface area contributed by atoms with E-state index in [0.29, 0.717) is 16.6 Å². The van der Waals surface area contributed by atoms with Crippen LogP contribution in [0, 0.1) is 0 Å². The molecule has 0 saturated carbocycles. The van der Waals surface area contributed by atoms with Gasteiger partial charge >= 0.3 is 5.97 Å². The lowest BCUT2D eigenvalue weighted by atomic mass is 10.1. The normalized spacial score (nSPS) is 11.3. The molecular weight excluding hydrogens is 380 g/mol. The molecule has 0 radical (unpaired) electrons. The Morgan fingerprint density at radius 1 is 1.03 bits per heavy atom. The molecule has 1 N–H and O–H groups in total. The molecule has 0 spiro atoms. The summed E-state index contributed by atoms with van der Waals surface area (Å²) in [6, 6.07) is 13.4. The largest absolute Gasteiger partial charge is 0.497 e. The second-order valence-corrected chi connectivity index (χ2v) is 7.43. The summed E-state index contributed by atoms with van der Waals surface area (Å²) in [4.78, 5) is 27.2. The number of esters is 1. The molecule has 4 aromatic rings. The zero-order valence-corrected chi connectivity index (χ0v) is 17.7. The maximum absolute atomic E-state index is 11.9. The van der Waals surface area contributed by atoms with E-state index in [1.54, 1.807) is 25.3 Å². The number of hydrogen-bond donors (Lipinski definition) is 1. The predicted octanol–water partition coefficient (Wildman–Crippen LogP) is 4.42. The van der Waals surface area contributed by atoms with Gasteiger partial charge in [-0.2, -0.15) is 0 Å². The summed E-state index contributed by atoms with van der Waals surface area (Å²) in [7, 11) is 5.01. The lowest BCUT2D eigenvalue weighted by molar-refractivity contribution is 0.0601. The Bertz CT molecular complexity index is 1250. The second-order valence-electron chi connectivity index (χ2n) is 7.43. The number of rotatable bonds is 5. The fourth-order valence-electron chi connectivity index (χ4n) is 3.33. The van der Waals surface area contributed by atoms with E-state index >= 15 is 0 Å². The molecule has 0 amide bonds. The van der Waals surface area contributed by atoms with Crippen LogP contribution in [0.1, 0.15) is 24.2 Å². The number of nitrogens with one attached hydrogen (secondary N) is 1. The summed E-state index contributed by atoms with van der Waals surface area (Å²) in [5.74, 6) is 1.14. The molecule has 4 rings (SSSR count). The minimum atomic E-state index is -0.397. The highest BCUT2D eigenvalue weighted by molar-refractivity contribution is 5.95. The quantitative estimate of drug-likeness (QED) is 0.496. The number of aromatic amines is 1. The lowest BCUT2D eigenvalue weighted by Gasteiger charge is -2.24. The number of H-pyrrole nitrogens is 1. The number of fused-ring (bicyclic) bond motifs is 2. The molecule has 7 nitrogen and oxygen atoms in total. The first-order valence-corrected chi connectivity index (χ1v) is 9.71. The summed E-state index contributed by atoms with van der Waals surface area (Å²) in [6.45, 7) is 4.19. The van der Waals surface area contributed by atoms with Gasteiger partial charge < -0.3 is 19.4 Å². The van der Waals surface area contributed by atoms with Crippen molar-refractivity contribution < 1.29 is 14.3 Å². The van der Waals surface area contributed by atoms with Crippen LogP contribution in [0.5, 0.6) is 5.75 Å². The molecule has 0 aliphatic heterocycles. The Balaban J connectivity index is 1.93. The molecular formula is C23H24N4O3. The van der Waals surface area contributed by atoms with Crippen molar-refractivity contribution in [2.24, 2.45) is 0 Å². The first-order valence-electron chi connectivity index (χ1n) is 9.71. The van der Waals surface area contributed by atoms with Gasteiger partial charge in [-0.1, -0.05) is 0 Å². The van der Waals surface area contributed by atoms with Gasteiger partial charge in [0.1, 0.15) is 11.4 Å². The highest BCUT2D eigenvalue weighted by Gasteiger charge is 2.19. The van der Waals surface area contributed by atoms with Crippen molar-refractivity contribution in [2.75, 3.05) is 26.2 Å². The van der Waals surface area contributed by atoms with Gasteiger partial charge in [-0.05, 0) is 56.3 Å². The van der Waals surface area contributed by atoms with Gasteiger partial charge in [-0.15, -0.1) is 0 Å². The molecule has 0 aliphatic carbocycles. The van der Waals surface area contributed by atoms with Gasteiger partial charge in [0.05, 0.1) is 36.5 Å². The van der Waals surface area contributed by atoms with Crippen molar-refractivity contribution in [3.8, 4) is 17.1 Å². The molecule has 30 heavy (non-hydrogen) atoms. The molecule has 0 atom stereocenters. The number of carbonyl (C=O) groups excluding carboxylic acids is 1. The summed E-state index contributed by atoms with van der Waals surface area (Å²) in [6.07, 6.45) is 0. The number of benzene rings is 2. The number of nitrogens with zero attached hydrogens (tertiary/aromatic N) is 3. The summed E-state index contributed by atoms with van der Waals surface area (Å²) in [5.41, 5.74) is 4.40. The van der Waals surface area contributed by atoms with Crippen LogP contribution in [0.15, 0.2) is 42.5 Å². The van der Waals surface area contributed by atoms with Crippen LogP contribution in [0.3, 0.4) is 0 Å². The Kier molecular flexibility index (Phi) is 5.03. The van der Waals surface area contributed by atoms with E-state index in [-0.39, 0.29) is 6.04 Å². The molecule has 2 aromatic carbocycles. The van der Waals surface area contributed by atoms with Gasteiger partial charge in [0, 0.05) is 24.0 Å². The Labute approximate surface area is 174 Å². The number of methoxy groups -OCH3 is 2. The Morgan fingerprint density at radius 2 is 1.83 bits per heavy atom. The zero-order chi connectivity index (χ0) is 21.4. The number of aromatic nitrogens is 3. The molecule has 0 saturated heterocycles. The van der Waals surface area contributed by atoms with Crippen LogP contribution < -0.4 is 9.64 Å². The van der Waals surface area contributed by atoms with Crippen molar-refractivity contribution >= 4 is 33.7 Å². The third kappa shape index (κ3) is 3.43. The Morgan fingerprint density at radius 3 is 2.53 bits per heavy atom. The number of hydrogen-bond acceptors (Lipinski definition) is 6. The zero-order valence-electron chi connectivity index (χ0n) is 17.7. The maximum atomic E-state index is 11.9. The number of carbonyl (C=O) groups is 1. The van der Waals surface area contributed by atoms with Crippen LogP contribution in [0.2, 0.25) is 0 Å². The van der Waals surface area contributed by atoms with Crippen molar-refractivity contribution in [3.63, 3.8) is 0 Å². The minimum Gasteiger partial charge on any atom is -0.497 e. The molecule has 0 fully saturated rings. The van der Waals surface area contributed by atoms with E-state index < -0.39 is 5.97 Å². The van der Waals surface area contributed by atoms with Gasteiger partial charge in [0.2, 0.25) is 0 Å². The molecule has 2 heterocycles. The topological polar surface area (TPSA) is 80.3 Å². The van der Waals surface area contributed by atoms with Crippen molar-refractivity contribution in [3.05, 3.63) is 48.0 Å². The summed E-state index contributed by atoms with van der Waals surface area (Å²) in [5, 5.41) is 1.03. The highest BCUT2D eigenvalue weighted by Crippen LogP contribution is 2.33. The standard InChI is InChI=1S/C23H24N4O3/c1-13(2)27(3)22-21(20-12-15-10-16(29-4)7-9-17(15)24-20)25-18-8-6-14(23(28)30-5)11-19(18)26-22/h6-13,24H,1-5H3. The Hall–Kier alpha value is -3.61. The highest BCUT2D eigenvalue weighted by atomic mass is 16.5. The van der Waals surface area contributed by atoms with Gasteiger partial charge in [-0.3, -0.25) is 0 Å². The van der Waals surface area contributed by atoms with Crippen molar-refractivity contribution in [2.45, 2.75) is 19.9 Å². The van der Waals surface area contributed by atoms with E-state index in [0.717, 1.165) is 33.9 Å². The third-order valence-corrected chi connectivity index (χ3v) is 5.26. The predicted molar refractivity (Wildman–Crippen MR) is 118 cm³/mol. The first kappa shape index (κ1) is 19.7. The van der Waals surface area contributed by atoms with Gasteiger partial charge in [-0.25, -0.2) is 14.8 Å². The fourth-order valence-corrected chi connectivity index (χ4v) is 3.33. The van der Waals surface area contributed by atoms with Gasteiger partial charge in [0.15, 0.2) is 5.82 Å². The molecule has 2 aromatic heterocycles. The minimum absolute atomic E-state index is 0.212.